The number of likely N-dealkylation sites (tertiary alicyclic amines) is 1. The minimum absolute atomic E-state index is 0.118. The van der Waals surface area contributed by atoms with Gasteiger partial charge in [0.15, 0.2) is 11.6 Å². The molecule has 0 saturated carbocycles. The largest absolute Gasteiger partial charge is 0.367 e. The molecule has 0 bridgehead atoms. The Labute approximate surface area is 157 Å². The van der Waals surface area contributed by atoms with Gasteiger partial charge in [0.1, 0.15) is 5.52 Å². The second-order valence-corrected chi connectivity index (χ2v) is 7.12. The van der Waals surface area contributed by atoms with Crippen LogP contribution in [0.2, 0.25) is 5.02 Å². The van der Waals surface area contributed by atoms with Crippen molar-refractivity contribution in [1.29, 1.82) is 0 Å². The third-order valence-electron chi connectivity index (χ3n) is 5.00. The zero-order valence-corrected chi connectivity index (χ0v) is 15.3. The Morgan fingerprint density at radius 1 is 1.15 bits per heavy atom. The predicted octanol–water partition coefficient (Wildman–Crippen LogP) is 4.92. The summed E-state index contributed by atoms with van der Waals surface area (Å²) in [5.74, 6) is 0.212. The predicted molar refractivity (Wildman–Crippen MR) is 105 cm³/mol. The van der Waals surface area contributed by atoms with E-state index in [1.807, 2.05) is 36.4 Å². The normalized spacial score (nSPS) is 15.5. The molecule has 136 valence electrons. The molecule has 0 amide bonds. The zero-order chi connectivity index (χ0) is 17.9. The highest BCUT2D eigenvalue weighted by atomic mass is 35.5. The molecule has 2 N–H and O–H groups in total. The fraction of sp³-hybridized carbons (Fsp3) is 0.350. The molecule has 1 saturated heterocycles. The van der Waals surface area contributed by atoms with Gasteiger partial charge in [0.2, 0.25) is 0 Å². The van der Waals surface area contributed by atoms with Crippen LogP contribution in [-0.4, -0.2) is 41.3 Å². The van der Waals surface area contributed by atoms with Crippen LogP contribution in [0.5, 0.6) is 0 Å². The van der Waals surface area contributed by atoms with E-state index in [1.54, 1.807) is 0 Å². The van der Waals surface area contributed by atoms with Gasteiger partial charge in [-0.05, 0) is 37.6 Å². The molecule has 4 rings (SSSR count). The van der Waals surface area contributed by atoms with E-state index in [-0.39, 0.29) is 5.02 Å². The lowest BCUT2D eigenvalue weighted by Gasteiger charge is -2.26. The van der Waals surface area contributed by atoms with Gasteiger partial charge in [-0.25, -0.2) is 4.39 Å². The van der Waals surface area contributed by atoms with Crippen LogP contribution in [0.25, 0.3) is 22.0 Å². The monoisotopic (exact) mass is 372 g/mol. The minimum Gasteiger partial charge on any atom is -0.367 e. The molecule has 1 aromatic heterocycles. The summed E-state index contributed by atoms with van der Waals surface area (Å²) in [7, 11) is 0. The maximum Gasteiger partial charge on any atom is 0.168 e. The number of H-pyrrole nitrogens is 1. The van der Waals surface area contributed by atoms with E-state index in [1.165, 1.54) is 19.3 Å². The van der Waals surface area contributed by atoms with Crippen molar-refractivity contribution < 1.29 is 4.39 Å². The average molecular weight is 373 g/mol. The highest BCUT2D eigenvalue weighted by Crippen LogP contribution is 2.36. The van der Waals surface area contributed by atoms with E-state index in [4.69, 9.17) is 11.6 Å². The van der Waals surface area contributed by atoms with Crippen molar-refractivity contribution >= 4 is 28.3 Å². The summed E-state index contributed by atoms with van der Waals surface area (Å²) in [5.41, 5.74) is 1.91. The molecule has 3 aromatic rings. The summed E-state index contributed by atoms with van der Waals surface area (Å²) in [5, 5.41) is 11.2. The minimum atomic E-state index is -0.459. The topological polar surface area (TPSA) is 44.0 Å². The maximum atomic E-state index is 14.7. The maximum absolute atomic E-state index is 14.7. The number of aromatic amines is 1. The standard InChI is InChI=1S/C20H22ClFN4/c21-17-15(14-7-3-1-4-8-14)13-16-19(18(17)22)24-25-20(16)23-9-12-26-10-5-2-6-11-26/h1,3-4,7-8,13H,2,5-6,9-12H2,(H2,23,24,25). The van der Waals surface area contributed by atoms with Gasteiger partial charge in [-0.15, -0.1) is 0 Å². The van der Waals surface area contributed by atoms with Gasteiger partial charge >= 0.3 is 0 Å². The molecule has 0 atom stereocenters. The number of aromatic nitrogens is 2. The first kappa shape index (κ1) is 17.3. The fourth-order valence-electron chi connectivity index (χ4n) is 3.57. The highest BCUT2D eigenvalue weighted by Gasteiger charge is 2.18. The van der Waals surface area contributed by atoms with Crippen molar-refractivity contribution in [2.24, 2.45) is 0 Å². The smallest absolute Gasteiger partial charge is 0.168 e. The lowest BCUT2D eigenvalue weighted by Crippen LogP contribution is -2.33. The molecular formula is C20H22ClFN4. The van der Waals surface area contributed by atoms with Crippen LogP contribution in [0, 0.1) is 5.82 Å². The van der Waals surface area contributed by atoms with E-state index in [2.05, 4.69) is 20.4 Å². The van der Waals surface area contributed by atoms with Crippen LogP contribution in [0.1, 0.15) is 19.3 Å². The first-order chi connectivity index (χ1) is 12.7. The van der Waals surface area contributed by atoms with Crippen LogP contribution in [-0.2, 0) is 0 Å². The van der Waals surface area contributed by atoms with Gasteiger partial charge in [0.05, 0.1) is 5.02 Å². The first-order valence-corrected chi connectivity index (χ1v) is 9.49. The number of hydrogen-bond donors (Lipinski definition) is 2. The van der Waals surface area contributed by atoms with Crippen molar-refractivity contribution in [2.45, 2.75) is 19.3 Å². The van der Waals surface area contributed by atoms with Crippen molar-refractivity contribution in [3.63, 3.8) is 0 Å². The lowest BCUT2D eigenvalue weighted by atomic mass is 10.0. The number of rotatable bonds is 5. The summed E-state index contributed by atoms with van der Waals surface area (Å²) in [6.07, 6.45) is 3.88. The second kappa shape index (κ2) is 7.64. The molecule has 2 heterocycles. The molecule has 0 spiro atoms. The molecule has 26 heavy (non-hydrogen) atoms. The van der Waals surface area contributed by atoms with Crippen molar-refractivity contribution in [2.75, 3.05) is 31.5 Å². The molecule has 2 aromatic carbocycles. The van der Waals surface area contributed by atoms with Crippen molar-refractivity contribution in [3.05, 3.63) is 47.2 Å². The molecule has 0 aliphatic carbocycles. The first-order valence-electron chi connectivity index (χ1n) is 9.12. The number of nitrogens with zero attached hydrogens (tertiary/aromatic N) is 2. The van der Waals surface area contributed by atoms with Crippen LogP contribution >= 0.6 is 11.6 Å². The summed E-state index contributed by atoms with van der Waals surface area (Å²) < 4.78 is 14.7. The third kappa shape index (κ3) is 3.41. The SMILES string of the molecule is Fc1c(Cl)c(-c2ccccc2)cc2c(NCCN3CCCCC3)n[nH]c12. The Morgan fingerprint density at radius 2 is 1.92 bits per heavy atom. The molecule has 1 aliphatic rings. The Hall–Kier alpha value is -2.11. The summed E-state index contributed by atoms with van der Waals surface area (Å²) in [6.45, 7) is 4.07. The molecule has 1 aliphatic heterocycles. The van der Waals surface area contributed by atoms with E-state index in [9.17, 15) is 4.39 Å². The van der Waals surface area contributed by atoms with Gasteiger partial charge in [-0.3, -0.25) is 5.10 Å². The van der Waals surface area contributed by atoms with Gasteiger partial charge < -0.3 is 10.2 Å². The number of fused-ring (bicyclic) bond motifs is 1. The number of piperidine rings is 1. The quantitative estimate of drug-likeness (QED) is 0.668. The summed E-state index contributed by atoms with van der Waals surface area (Å²) in [4.78, 5) is 2.46. The van der Waals surface area contributed by atoms with Crippen molar-refractivity contribution in [3.8, 4) is 11.1 Å². The molecule has 0 radical (unpaired) electrons. The molecule has 4 nitrogen and oxygen atoms in total. The molecular weight excluding hydrogens is 351 g/mol. The van der Waals surface area contributed by atoms with Crippen LogP contribution in [0.3, 0.4) is 0 Å². The summed E-state index contributed by atoms with van der Waals surface area (Å²) in [6, 6.07) is 11.5. The Morgan fingerprint density at radius 3 is 2.69 bits per heavy atom. The molecule has 6 heteroatoms. The van der Waals surface area contributed by atoms with E-state index < -0.39 is 5.82 Å². The zero-order valence-electron chi connectivity index (χ0n) is 14.6. The fourth-order valence-corrected chi connectivity index (χ4v) is 3.83. The van der Waals surface area contributed by atoms with Crippen molar-refractivity contribution in [1.82, 2.24) is 15.1 Å². The van der Waals surface area contributed by atoms with Gasteiger partial charge in [0, 0.05) is 24.0 Å². The third-order valence-corrected chi connectivity index (χ3v) is 5.36. The molecule has 0 unspecified atom stereocenters. The summed E-state index contributed by atoms with van der Waals surface area (Å²) >= 11 is 6.27. The van der Waals surface area contributed by atoms with Gasteiger partial charge in [0.25, 0.3) is 0 Å². The highest BCUT2D eigenvalue weighted by molar-refractivity contribution is 6.34. The number of hydrogen-bond acceptors (Lipinski definition) is 3. The number of halogens is 2. The molecule has 1 fully saturated rings. The van der Waals surface area contributed by atoms with Crippen LogP contribution < -0.4 is 5.32 Å². The number of benzene rings is 2. The number of nitrogens with one attached hydrogen (secondary N) is 2. The van der Waals surface area contributed by atoms with Gasteiger partial charge in [-0.1, -0.05) is 48.4 Å². The Balaban J connectivity index is 1.59. The van der Waals surface area contributed by atoms with E-state index in [0.29, 0.717) is 16.9 Å². The van der Waals surface area contributed by atoms with E-state index in [0.717, 1.165) is 37.1 Å². The Bertz CT molecular complexity index is 888. The number of anilines is 1. The second-order valence-electron chi connectivity index (χ2n) is 6.74. The van der Waals surface area contributed by atoms with E-state index >= 15 is 0 Å². The average Bonchev–Trinajstić information content (AvgIpc) is 3.09. The van der Waals surface area contributed by atoms with Gasteiger partial charge in [-0.2, -0.15) is 5.10 Å². The van der Waals surface area contributed by atoms with Crippen LogP contribution in [0.4, 0.5) is 10.2 Å². The van der Waals surface area contributed by atoms with Crippen LogP contribution in [0.15, 0.2) is 36.4 Å². The Kier molecular flexibility index (Phi) is 5.09. The lowest BCUT2D eigenvalue weighted by molar-refractivity contribution is 0.237.